The van der Waals surface area contributed by atoms with Crippen LogP contribution in [0.5, 0.6) is 5.75 Å². The SMILES string of the molecule is CC[C@@H](NC(=O)c1ccc2c(c1)OCC(=O)N2)c1ccc(Cl)cc1. The predicted molar refractivity (Wildman–Crippen MR) is 92.5 cm³/mol. The first-order valence-corrected chi connectivity index (χ1v) is 8.07. The van der Waals surface area contributed by atoms with Gasteiger partial charge in [-0.3, -0.25) is 9.59 Å². The van der Waals surface area contributed by atoms with E-state index in [1.165, 1.54) is 0 Å². The van der Waals surface area contributed by atoms with Gasteiger partial charge < -0.3 is 15.4 Å². The van der Waals surface area contributed by atoms with E-state index in [2.05, 4.69) is 10.6 Å². The molecule has 1 atom stereocenters. The number of halogens is 1. The van der Waals surface area contributed by atoms with E-state index in [1.807, 2.05) is 19.1 Å². The van der Waals surface area contributed by atoms with Crippen molar-refractivity contribution in [3.05, 3.63) is 58.6 Å². The summed E-state index contributed by atoms with van der Waals surface area (Å²) in [6.07, 6.45) is 0.755. The molecule has 0 fully saturated rings. The van der Waals surface area contributed by atoms with Crippen LogP contribution in [0.2, 0.25) is 5.02 Å². The van der Waals surface area contributed by atoms with Gasteiger partial charge in [-0.2, -0.15) is 0 Å². The molecule has 2 aromatic rings. The molecule has 0 saturated heterocycles. The van der Waals surface area contributed by atoms with Gasteiger partial charge in [-0.25, -0.2) is 0 Å². The minimum absolute atomic E-state index is 0.0412. The van der Waals surface area contributed by atoms with E-state index in [0.717, 1.165) is 12.0 Å². The first-order valence-electron chi connectivity index (χ1n) is 7.70. The van der Waals surface area contributed by atoms with Crippen LogP contribution in [0.4, 0.5) is 5.69 Å². The van der Waals surface area contributed by atoms with Crippen LogP contribution in [0.25, 0.3) is 0 Å². The lowest BCUT2D eigenvalue weighted by Crippen LogP contribution is -2.29. The van der Waals surface area contributed by atoms with E-state index >= 15 is 0 Å². The number of ether oxygens (including phenoxy) is 1. The fraction of sp³-hybridized carbons (Fsp3) is 0.222. The standard InChI is InChI=1S/C18H17ClN2O3/c1-2-14(11-3-6-13(19)7-4-11)21-18(23)12-5-8-15-16(9-12)24-10-17(22)20-15/h3-9,14H,2,10H2,1H3,(H,20,22)(H,21,23)/t14-/m1/s1. The number of amides is 2. The zero-order chi connectivity index (χ0) is 17.1. The third-order valence-corrected chi connectivity index (χ3v) is 4.11. The number of fused-ring (bicyclic) bond motifs is 1. The molecule has 2 N–H and O–H groups in total. The molecule has 1 aliphatic rings. The van der Waals surface area contributed by atoms with Crippen molar-refractivity contribution in [1.29, 1.82) is 0 Å². The van der Waals surface area contributed by atoms with Crippen molar-refractivity contribution >= 4 is 29.1 Å². The predicted octanol–water partition coefficient (Wildman–Crippen LogP) is 3.55. The van der Waals surface area contributed by atoms with Gasteiger partial charge >= 0.3 is 0 Å². The Balaban J connectivity index is 1.76. The summed E-state index contributed by atoms with van der Waals surface area (Å²) in [6.45, 7) is 1.96. The number of benzene rings is 2. The largest absolute Gasteiger partial charge is 0.482 e. The van der Waals surface area contributed by atoms with Gasteiger partial charge in [0, 0.05) is 10.6 Å². The van der Waals surface area contributed by atoms with Gasteiger partial charge in [0.15, 0.2) is 6.61 Å². The zero-order valence-electron chi connectivity index (χ0n) is 13.1. The number of nitrogens with one attached hydrogen (secondary N) is 2. The molecular weight excluding hydrogens is 328 g/mol. The molecule has 0 radical (unpaired) electrons. The molecule has 3 rings (SSSR count). The molecule has 2 amide bonds. The molecule has 0 spiro atoms. The molecule has 5 nitrogen and oxygen atoms in total. The number of hydrogen-bond acceptors (Lipinski definition) is 3. The first kappa shape index (κ1) is 16.3. The van der Waals surface area contributed by atoms with E-state index in [9.17, 15) is 9.59 Å². The Kier molecular flexibility index (Phi) is 4.71. The molecule has 24 heavy (non-hydrogen) atoms. The van der Waals surface area contributed by atoms with Crippen molar-refractivity contribution < 1.29 is 14.3 Å². The summed E-state index contributed by atoms with van der Waals surface area (Å²) in [5.74, 6) is 0.107. The van der Waals surface area contributed by atoms with Crippen molar-refractivity contribution in [3.8, 4) is 5.75 Å². The third-order valence-electron chi connectivity index (χ3n) is 3.86. The highest BCUT2D eigenvalue weighted by Crippen LogP contribution is 2.29. The number of carbonyl (C=O) groups is 2. The highest BCUT2D eigenvalue weighted by molar-refractivity contribution is 6.30. The molecule has 124 valence electrons. The van der Waals surface area contributed by atoms with E-state index in [0.29, 0.717) is 22.0 Å². The van der Waals surface area contributed by atoms with Crippen LogP contribution < -0.4 is 15.4 Å². The number of anilines is 1. The van der Waals surface area contributed by atoms with Crippen molar-refractivity contribution in [2.24, 2.45) is 0 Å². The van der Waals surface area contributed by atoms with Crippen molar-refractivity contribution in [2.75, 3.05) is 11.9 Å². The monoisotopic (exact) mass is 344 g/mol. The smallest absolute Gasteiger partial charge is 0.262 e. The summed E-state index contributed by atoms with van der Waals surface area (Å²) in [5.41, 5.74) is 2.06. The van der Waals surface area contributed by atoms with Gasteiger partial charge in [0.05, 0.1) is 11.7 Å². The summed E-state index contributed by atoms with van der Waals surface area (Å²) in [6, 6.07) is 12.3. The molecule has 2 aromatic carbocycles. The lowest BCUT2D eigenvalue weighted by molar-refractivity contribution is -0.118. The Labute approximate surface area is 145 Å². The lowest BCUT2D eigenvalue weighted by Gasteiger charge is -2.20. The number of carbonyl (C=O) groups excluding carboxylic acids is 2. The molecule has 1 aliphatic heterocycles. The second-order valence-corrected chi connectivity index (χ2v) is 5.97. The average Bonchev–Trinajstić information content (AvgIpc) is 2.60. The normalized spacial score (nSPS) is 14.2. The Hall–Kier alpha value is -2.53. The fourth-order valence-electron chi connectivity index (χ4n) is 2.57. The topological polar surface area (TPSA) is 67.4 Å². The minimum atomic E-state index is -0.200. The molecule has 0 saturated carbocycles. The second-order valence-electron chi connectivity index (χ2n) is 5.53. The van der Waals surface area contributed by atoms with Gasteiger partial charge in [-0.15, -0.1) is 0 Å². The van der Waals surface area contributed by atoms with Crippen LogP contribution in [0, 0.1) is 0 Å². The first-order chi connectivity index (χ1) is 11.6. The Morgan fingerprint density at radius 1 is 1.29 bits per heavy atom. The third kappa shape index (κ3) is 3.51. The van der Waals surface area contributed by atoms with Gasteiger partial charge in [-0.1, -0.05) is 30.7 Å². The maximum absolute atomic E-state index is 12.5. The number of hydrogen-bond donors (Lipinski definition) is 2. The average molecular weight is 345 g/mol. The highest BCUT2D eigenvalue weighted by atomic mass is 35.5. The molecule has 0 aliphatic carbocycles. The molecule has 0 bridgehead atoms. The van der Waals surface area contributed by atoms with E-state index in [4.69, 9.17) is 16.3 Å². The van der Waals surface area contributed by atoms with E-state index in [1.54, 1.807) is 30.3 Å². The summed E-state index contributed by atoms with van der Waals surface area (Å²) in [5, 5.41) is 6.37. The molecule has 0 unspecified atom stereocenters. The van der Waals surface area contributed by atoms with Crippen molar-refractivity contribution in [1.82, 2.24) is 5.32 Å². The van der Waals surface area contributed by atoms with Gasteiger partial charge in [0.1, 0.15) is 5.75 Å². The van der Waals surface area contributed by atoms with Crippen molar-refractivity contribution in [2.45, 2.75) is 19.4 Å². The quantitative estimate of drug-likeness (QED) is 0.891. The highest BCUT2D eigenvalue weighted by Gasteiger charge is 2.19. The summed E-state index contributed by atoms with van der Waals surface area (Å²) < 4.78 is 5.35. The fourth-order valence-corrected chi connectivity index (χ4v) is 2.70. The van der Waals surface area contributed by atoms with Crippen LogP contribution in [0.3, 0.4) is 0 Å². The van der Waals surface area contributed by atoms with Crippen LogP contribution in [0.1, 0.15) is 35.3 Å². The van der Waals surface area contributed by atoms with Crippen LogP contribution in [-0.4, -0.2) is 18.4 Å². The van der Waals surface area contributed by atoms with Crippen LogP contribution >= 0.6 is 11.6 Å². The zero-order valence-corrected chi connectivity index (χ0v) is 13.9. The summed E-state index contributed by atoms with van der Waals surface area (Å²) >= 11 is 5.91. The summed E-state index contributed by atoms with van der Waals surface area (Å²) in [4.78, 5) is 23.8. The maximum Gasteiger partial charge on any atom is 0.262 e. The van der Waals surface area contributed by atoms with E-state index < -0.39 is 0 Å². The maximum atomic E-state index is 12.5. The van der Waals surface area contributed by atoms with Crippen LogP contribution in [0.15, 0.2) is 42.5 Å². The lowest BCUT2D eigenvalue weighted by atomic mass is 10.0. The number of rotatable bonds is 4. The van der Waals surface area contributed by atoms with Gasteiger partial charge in [0.25, 0.3) is 11.8 Å². The van der Waals surface area contributed by atoms with Crippen LogP contribution in [-0.2, 0) is 4.79 Å². The molecule has 1 heterocycles. The Morgan fingerprint density at radius 3 is 2.75 bits per heavy atom. The molecule has 6 heteroatoms. The van der Waals surface area contributed by atoms with Crippen molar-refractivity contribution in [3.63, 3.8) is 0 Å². The van der Waals surface area contributed by atoms with E-state index in [-0.39, 0.29) is 24.5 Å². The van der Waals surface area contributed by atoms with Gasteiger partial charge in [0.2, 0.25) is 0 Å². The Morgan fingerprint density at radius 2 is 2.04 bits per heavy atom. The molecular formula is C18H17ClN2O3. The van der Waals surface area contributed by atoms with Gasteiger partial charge in [-0.05, 0) is 42.3 Å². The summed E-state index contributed by atoms with van der Waals surface area (Å²) in [7, 11) is 0. The Bertz CT molecular complexity index is 774. The molecule has 0 aromatic heterocycles. The second kappa shape index (κ2) is 6.93. The minimum Gasteiger partial charge on any atom is -0.482 e.